The number of halogens is 1. The molecule has 1 aliphatic rings. The average molecular weight is 351 g/mol. The van der Waals surface area contributed by atoms with Gasteiger partial charge in [-0.15, -0.1) is 0 Å². The number of aromatic nitrogens is 1. The number of hydrogen-bond donors (Lipinski definition) is 2. The van der Waals surface area contributed by atoms with Crippen molar-refractivity contribution in [2.75, 3.05) is 20.2 Å². The lowest BCUT2D eigenvalue weighted by Crippen LogP contribution is -2.41. The molecule has 1 aromatic heterocycles. The zero-order valence-electron chi connectivity index (χ0n) is 13.3. The van der Waals surface area contributed by atoms with Crippen LogP contribution in [0.3, 0.4) is 0 Å². The molecule has 1 aliphatic heterocycles. The van der Waals surface area contributed by atoms with Crippen molar-refractivity contribution in [2.24, 2.45) is 5.92 Å². The molecule has 2 aromatic rings. The minimum atomic E-state index is -0.901. The third-order valence-corrected chi connectivity index (χ3v) is 4.87. The van der Waals surface area contributed by atoms with Crippen LogP contribution >= 0.6 is 11.6 Å². The first-order valence-corrected chi connectivity index (χ1v) is 8.20. The number of carbonyl (C=O) groups is 2. The van der Waals surface area contributed by atoms with Crippen LogP contribution in [0.2, 0.25) is 5.02 Å². The number of hydrogen-bond acceptors (Lipinski definition) is 4. The second kappa shape index (κ2) is 6.83. The van der Waals surface area contributed by atoms with Crippen molar-refractivity contribution in [1.82, 2.24) is 9.88 Å². The SMILES string of the molecule is COC(=O)C1CCN(C(C(=O)O)c2c[nH]c3cc(Cl)ccc23)CC1. The van der Waals surface area contributed by atoms with Crippen molar-refractivity contribution in [1.29, 1.82) is 0 Å². The molecular weight excluding hydrogens is 332 g/mol. The molecule has 6 nitrogen and oxygen atoms in total. The monoisotopic (exact) mass is 350 g/mol. The Bertz CT molecular complexity index is 765. The quantitative estimate of drug-likeness (QED) is 0.828. The summed E-state index contributed by atoms with van der Waals surface area (Å²) in [5.41, 5.74) is 1.53. The van der Waals surface area contributed by atoms with Gasteiger partial charge in [0.15, 0.2) is 0 Å². The average Bonchev–Trinajstić information content (AvgIpc) is 2.97. The highest BCUT2D eigenvalue weighted by molar-refractivity contribution is 6.31. The number of carbonyl (C=O) groups excluding carboxylic acids is 1. The number of nitrogens with zero attached hydrogens (tertiary/aromatic N) is 1. The molecule has 2 heterocycles. The van der Waals surface area contributed by atoms with Crippen LogP contribution < -0.4 is 0 Å². The summed E-state index contributed by atoms with van der Waals surface area (Å²) < 4.78 is 4.78. The molecule has 24 heavy (non-hydrogen) atoms. The largest absolute Gasteiger partial charge is 0.480 e. The molecule has 1 fully saturated rings. The zero-order valence-corrected chi connectivity index (χ0v) is 14.0. The lowest BCUT2D eigenvalue weighted by molar-refractivity contribution is -0.148. The van der Waals surface area contributed by atoms with E-state index >= 15 is 0 Å². The molecule has 0 amide bonds. The minimum Gasteiger partial charge on any atom is -0.480 e. The highest BCUT2D eigenvalue weighted by Gasteiger charge is 2.34. The summed E-state index contributed by atoms with van der Waals surface area (Å²) in [6, 6.07) is 4.62. The summed E-state index contributed by atoms with van der Waals surface area (Å²) in [4.78, 5) is 28.5. The smallest absolute Gasteiger partial charge is 0.325 e. The van der Waals surface area contributed by atoms with Crippen molar-refractivity contribution < 1.29 is 19.4 Å². The molecule has 7 heteroatoms. The van der Waals surface area contributed by atoms with Crippen LogP contribution in [0.5, 0.6) is 0 Å². The predicted molar refractivity (Wildman–Crippen MR) is 90.0 cm³/mol. The van der Waals surface area contributed by atoms with Crippen molar-refractivity contribution in [3.8, 4) is 0 Å². The second-order valence-corrected chi connectivity index (χ2v) is 6.44. The van der Waals surface area contributed by atoms with Gasteiger partial charge in [-0.05, 0) is 25.0 Å². The number of aromatic amines is 1. The second-order valence-electron chi connectivity index (χ2n) is 6.01. The Kier molecular flexibility index (Phi) is 4.78. The minimum absolute atomic E-state index is 0.150. The van der Waals surface area contributed by atoms with Crippen LogP contribution in [0.25, 0.3) is 10.9 Å². The Balaban J connectivity index is 1.85. The number of fused-ring (bicyclic) bond motifs is 1. The van der Waals surface area contributed by atoms with Crippen LogP contribution in [-0.2, 0) is 14.3 Å². The van der Waals surface area contributed by atoms with Crippen LogP contribution in [-0.4, -0.2) is 47.1 Å². The predicted octanol–water partition coefficient (Wildman–Crippen LogP) is 2.83. The first kappa shape index (κ1) is 16.8. The van der Waals surface area contributed by atoms with Crippen LogP contribution in [0.4, 0.5) is 0 Å². The third-order valence-electron chi connectivity index (χ3n) is 4.63. The number of H-pyrrole nitrogens is 1. The maximum atomic E-state index is 11.9. The molecule has 0 spiro atoms. The maximum Gasteiger partial charge on any atom is 0.325 e. The van der Waals surface area contributed by atoms with Gasteiger partial charge in [0.05, 0.1) is 13.0 Å². The highest BCUT2D eigenvalue weighted by Crippen LogP contribution is 2.33. The summed E-state index contributed by atoms with van der Waals surface area (Å²) in [6.07, 6.45) is 2.93. The number of aliphatic carboxylic acids is 1. The fourth-order valence-corrected chi connectivity index (χ4v) is 3.57. The van der Waals surface area contributed by atoms with E-state index < -0.39 is 12.0 Å². The van der Waals surface area contributed by atoms with E-state index in [1.54, 1.807) is 18.3 Å². The molecule has 1 atom stereocenters. The summed E-state index contributed by atoms with van der Waals surface area (Å²) in [7, 11) is 1.38. The first-order chi connectivity index (χ1) is 11.5. The van der Waals surface area contributed by atoms with Gasteiger partial charge in [-0.2, -0.15) is 0 Å². The Hall–Kier alpha value is -2.05. The van der Waals surface area contributed by atoms with Gasteiger partial charge in [0.25, 0.3) is 0 Å². The van der Waals surface area contributed by atoms with Gasteiger partial charge in [0, 0.05) is 40.8 Å². The summed E-state index contributed by atoms with van der Waals surface area (Å²) in [5.74, 6) is -1.27. The summed E-state index contributed by atoms with van der Waals surface area (Å²) in [5, 5.41) is 11.2. The third kappa shape index (κ3) is 3.12. The molecule has 0 saturated carbocycles. The van der Waals surface area contributed by atoms with E-state index in [0.29, 0.717) is 36.5 Å². The Labute approximate surface area is 144 Å². The molecule has 1 aromatic carbocycles. The highest BCUT2D eigenvalue weighted by atomic mass is 35.5. The van der Waals surface area contributed by atoms with E-state index in [0.717, 1.165) is 10.9 Å². The van der Waals surface area contributed by atoms with Gasteiger partial charge in [-0.1, -0.05) is 17.7 Å². The van der Waals surface area contributed by atoms with Crippen LogP contribution in [0.1, 0.15) is 24.4 Å². The molecule has 0 radical (unpaired) electrons. The van der Waals surface area contributed by atoms with Gasteiger partial charge in [0.1, 0.15) is 6.04 Å². The zero-order chi connectivity index (χ0) is 17.3. The number of methoxy groups -OCH3 is 1. The van der Waals surface area contributed by atoms with Crippen molar-refractivity contribution >= 4 is 34.4 Å². The number of carboxylic acids is 1. The number of carboxylic acid groups (broad SMARTS) is 1. The van der Waals surface area contributed by atoms with Crippen LogP contribution in [0.15, 0.2) is 24.4 Å². The molecular formula is C17H19ClN2O4. The van der Waals surface area contributed by atoms with Gasteiger partial charge < -0.3 is 14.8 Å². The molecule has 1 saturated heterocycles. The first-order valence-electron chi connectivity index (χ1n) is 7.82. The van der Waals surface area contributed by atoms with Crippen molar-refractivity contribution in [2.45, 2.75) is 18.9 Å². The number of piperidine rings is 1. The Morgan fingerprint density at radius 1 is 1.38 bits per heavy atom. The summed E-state index contributed by atoms with van der Waals surface area (Å²) in [6.45, 7) is 1.08. The number of esters is 1. The molecule has 0 aliphatic carbocycles. The van der Waals surface area contributed by atoms with Crippen molar-refractivity contribution in [3.05, 3.63) is 35.0 Å². The lowest BCUT2D eigenvalue weighted by Gasteiger charge is -2.34. The lowest BCUT2D eigenvalue weighted by atomic mass is 9.94. The Morgan fingerprint density at radius 2 is 2.08 bits per heavy atom. The number of rotatable bonds is 4. The van der Waals surface area contributed by atoms with E-state index in [4.69, 9.17) is 16.3 Å². The number of ether oxygens (including phenoxy) is 1. The van der Waals surface area contributed by atoms with E-state index in [-0.39, 0.29) is 11.9 Å². The van der Waals surface area contributed by atoms with Crippen molar-refractivity contribution in [3.63, 3.8) is 0 Å². The van der Waals surface area contributed by atoms with E-state index in [9.17, 15) is 14.7 Å². The maximum absolute atomic E-state index is 11.9. The van der Waals surface area contributed by atoms with Gasteiger partial charge in [0.2, 0.25) is 0 Å². The molecule has 0 bridgehead atoms. The standard InChI is InChI=1S/C17H19ClN2O4/c1-24-17(23)10-4-6-20(7-5-10)15(16(21)22)13-9-19-14-8-11(18)2-3-12(13)14/h2-3,8-10,15,19H,4-7H2,1H3,(H,21,22). The van der Waals surface area contributed by atoms with Gasteiger partial charge in [-0.3, -0.25) is 14.5 Å². The molecule has 3 rings (SSSR count). The number of nitrogens with one attached hydrogen (secondary N) is 1. The fourth-order valence-electron chi connectivity index (χ4n) is 3.39. The van der Waals surface area contributed by atoms with E-state index in [2.05, 4.69) is 4.98 Å². The van der Waals surface area contributed by atoms with E-state index in [1.807, 2.05) is 11.0 Å². The molecule has 2 N–H and O–H groups in total. The summed E-state index contributed by atoms with van der Waals surface area (Å²) >= 11 is 5.99. The van der Waals surface area contributed by atoms with Crippen LogP contribution in [0, 0.1) is 5.92 Å². The molecule has 128 valence electrons. The fraction of sp³-hybridized carbons (Fsp3) is 0.412. The number of likely N-dealkylation sites (tertiary alicyclic amines) is 1. The topological polar surface area (TPSA) is 82.6 Å². The normalized spacial score (nSPS) is 17.8. The number of benzene rings is 1. The van der Waals surface area contributed by atoms with E-state index in [1.165, 1.54) is 7.11 Å². The van der Waals surface area contributed by atoms with Gasteiger partial charge >= 0.3 is 11.9 Å². The van der Waals surface area contributed by atoms with Gasteiger partial charge in [-0.25, -0.2) is 0 Å². The Morgan fingerprint density at radius 3 is 2.71 bits per heavy atom. The molecule has 1 unspecified atom stereocenters.